The first-order valence-corrected chi connectivity index (χ1v) is 7.88. The van der Waals surface area contributed by atoms with Gasteiger partial charge in [-0.25, -0.2) is 0 Å². The molecule has 0 saturated heterocycles. The van der Waals surface area contributed by atoms with Crippen molar-refractivity contribution in [3.05, 3.63) is 64.2 Å². The Labute approximate surface area is 145 Å². The van der Waals surface area contributed by atoms with E-state index in [0.29, 0.717) is 10.6 Å². The van der Waals surface area contributed by atoms with Gasteiger partial charge in [-0.3, -0.25) is 20.4 Å². The summed E-state index contributed by atoms with van der Waals surface area (Å²) in [4.78, 5) is 23.6. The fourth-order valence-corrected chi connectivity index (χ4v) is 2.20. The van der Waals surface area contributed by atoms with Crippen molar-refractivity contribution in [2.24, 2.45) is 0 Å². The summed E-state index contributed by atoms with van der Waals surface area (Å²) in [7, 11) is 0. The van der Waals surface area contributed by atoms with Crippen LogP contribution in [0.4, 0.5) is 0 Å². The van der Waals surface area contributed by atoms with E-state index in [-0.39, 0.29) is 18.9 Å². The van der Waals surface area contributed by atoms with Crippen LogP contribution in [0, 0.1) is 13.8 Å². The summed E-state index contributed by atoms with van der Waals surface area (Å²) in [6.45, 7) is 4.15. The van der Waals surface area contributed by atoms with Crippen molar-refractivity contribution >= 4 is 23.4 Å². The number of nitrogens with one attached hydrogen (secondary N) is 2. The third kappa shape index (κ3) is 5.28. The normalized spacial score (nSPS) is 10.1. The number of carbonyl (C=O) groups is 2. The molecule has 0 atom stereocenters. The first-order valence-electron chi connectivity index (χ1n) is 7.50. The van der Waals surface area contributed by atoms with Gasteiger partial charge in [0.2, 0.25) is 5.91 Å². The zero-order chi connectivity index (χ0) is 17.5. The van der Waals surface area contributed by atoms with E-state index in [1.807, 2.05) is 32.0 Å². The molecule has 0 radical (unpaired) electrons. The van der Waals surface area contributed by atoms with Gasteiger partial charge in [-0.1, -0.05) is 29.8 Å². The van der Waals surface area contributed by atoms with Gasteiger partial charge in [0.25, 0.3) is 5.91 Å². The summed E-state index contributed by atoms with van der Waals surface area (Å²) in [6, 6.07) is 12.4. The molecule has 2 aromatic rings. The molecule has 0 bridgehead atoms. The number of carbonyl (C=O) groups excluding carboxylic acids is 2. The maximum Gasteiger partial charge on any atom is 0.269 e. The predicted molar refractivity (Wildman–Crippen MR) is 93.1 cm³/mol. The van der Waals surface area contributed by atoms with Gasteiger partial charge >= 0.3 is 0 Å². The van der Waals surface area contributed by atoms with Crippen molar-refractivity contribution in [3.63, 3.8) is 0 Å². The Morgan fingerprint density at radius 1 is 1.08 bits per heavy atom. The summed E-state index contributed by atoms with van der Waals surface area (Å²) in [5.74, 6) is -0.0113. The molecule has 2 rings (SSSR count). The maximum atomic E-state index is 11.9. The van der Waals surface area contributed by atoms with Gasteiger partial charge in [-0.15, -0.1) is 0 Å². The lowest BCUT2D eigenvalue weighted by atomic mass is 10.1. The summed E-state index contributed by atoms with van der Waals surface area (Å²) in [5, 5.41) is 0.455. The topological polar surface area (TPSA) is 67.4 Å². The SMILES string of the molecule is Cc1ccc(C)c(OCCC(=O)NNC(=O)c2cccc(Cl)c2)c1. The molecule has 5 nitrogen and oxygen atoms in total. The smallest absolute Gasteiger partial charge is 0.269 e. The van der Waals surface area contributed by atoms with Crippen LogP contribution in [-0.4, -0.2) is 18.4 Å². The molecule has 0 fully saturated rings. The van der Waals surface area contributed by atoms with Crippen LogP contribution < -0.4 is 15.6 Å². The molecule has 2 N–H and O–H groups in total. The highest BCUT2D eigenvalue weighted by molar-refractivity contribution is 6.30. The summed E-state index contributed by atoms with van der Waals surface area (Å²) in [6.07, 6.45) is 0.128. The second-order valence-electron chi connectivity index (χ2n) is 5.38. The number of aryl methyl sites for hydroxylation is 2. The molecular weight excluding hydrogens is 328 g/mol. The van der Waals surface area contributed by atoms with Crippen LogP contribution in [0.5, 0.6) is 5.75 Å². The van der Waals surface area contributed by atoms with Crippen LogP contribution in [0.2, 0.25) is 5.02 Å². The van der Waals surface area contributed by atoms with Gasteiger partial charge in [0.15, 0.2) is 0 Å². The standard InChI is InChI=1S/C18H19ClN2O3/c1-12-6-7-13(2)16(10-12)24-9-8-17(22)20-21-18(23)14-4-3-5-15(19)11-14/h3-7,10-11H,8-9H2,1-2H3,(H,20,22)(H,21,23). The van der Waals surface area contributed by atoms with Gasteiger partial charge in [-0.05, 0) is 49.2 Å². The third-order valence-electron chi connectivity index (χ3n) is 3.33. The predicted octanol–water partition coefficient (Wildman–Crippen LogP) is 3.19. The van der Waals surface area contributed by atoms with Crippen LogP contribution in [0.15, 0.2) is 42.5 Å². The van der Waals surface area contributed by atoms with Crippen molar-refractivity contribution in [1.82, 2.24) is 10.9 Å². The van der Waals surface area contributed by atoms with E-state index in [9.17, 15) is 9.59 Å². The van der Waals surface area contributed by atoms with E-state index in [4.69, 9.17) is 16.3 Å². The molecule has 2 amide bonds. The van der Waals surface area contributed by atoms with Crippen LogP contribution in [-0.2, 0) is 4.79 Å². The highest BCUT2D eigenvalue weighted by atomic mass is 35.5. The number of benzene rings is 2. The zero-order valence-electron chi connectivity index (χ0n) is 13.6. The first kappa shape index (κ1) is 17.8. The lowest BCUT2D eigenvalue weighted by Gasteiger charge is -2.11. The minimum atomic E-state index is -0.429. The molecule has 0 heterocycles. The molecule has 126 valence electrons. The van der Waals surface area contributed by atoms with E-state index >= 15 is 0 Å². The van der Waals surface area contributed by atoms with Crippen LogP contribution >= 0.6 is 11.6 Å². The largest absolute Gasteiger partial charge is 0.493 e. The van der Waals surface area contributed by atoms with Crippen molar-refractivity contribution < 1.29 is 14.3 Å². The second kappa shape index (κ2) is 8.36. The second-order valence-corrected chi connectivity index (χ2v) is 5.82. The molecular formula is C18H19ClN2O3. The summed E-state index contributed by atoms with van der Waals surface area (Å²) >= 11 is 5.82. The van der Waals surface area contributed by atoms with Crippen molar-refractivity contribution in [2.45, 2.75) is 20.3 Å². The average Bonchev–Trinajstić information content (AvgIpc) is 2.56. The van der Waals surface area contributed by atoms with Crippen molar-refractivity contribution in [1.29, 1.82) is 0 Å². The van der Waals surface area contributed by atoms with E-state index in [2.05, 4.69) is 10.9 Å². The Morgan fingerprint density at radius 2 is 1.88 bits per heavy atom. The van der Waals surface area contributed by atoms with Gasteiger partial charge < -0.3 is 4.74 Å². The Bertz CT molecular complexity index is 747. The van der Waals surface area contributed by atoms with Gasteiger partial charge in [0.05, 0.1) is 13.0 Å². The number of hydrogen-bond donors (Lipinski definition) is 2. The van der Waals surface area contributed by atoms with E-state index < -0.39 is 5.91 Å². The van der Waals surface area contributed by atoms with Gasteiger partial charge in [0, 0.05) is 10.6 Å². The fourth-order valence-electron chi connectivity index (χ4n) is 2.01. The Morgan fingerprint density at radius 3 is 2.62 bits per heavy atom. The number of halogens is 1. The van der Waals surface area contributed by atoms with Crippen LogP contribution in [0.3, 0.4) is 0 Å². The average molecular weight is 347 g/mol. The molecule has 0 aliphatic heterocycles. The number of hydrazine groups is 1. The van der Waals surface area contributed by atoms with Crippen molar-refractivity contribution in [3.8, 4) is 5.75 Å². The molecule has 0 unspecified atom stereocenters. The summed E-state index contributed by atoms with van der Waals surface area (Å²) in [5.41, 5.74) is 7.16. The first-order chi connectivity index (χ1) is 11.5. The van der Waals surface area contributed by atoms with Crippen molar-refractivity contribution in [2.75, 3.05) is 6.61 Å². The molecule has 0 aliphatic carbocycles. The Balaban J connectivity index is 1.75. The van der Waals surface area contributed by atoms with Crippen LogP contribution in [0.25, 0.3) is 0 Å². The molecule has 0 spiro atoms. The van der Waals surface area contributed by atoms with Gasteiger partial charge in [-0.2, -0.15) is 0 Å². The quantitative estimate of drug-likeness (QED) is 0.817. The zero-order valence-corrected chi connectivity index (χ0v) is 14.3. The van der Waals surface area contributed by atoms with E-state index in [1.165, 1.54) is 6.07 Å². The third-order valence-corrected chi connectivity index (χ3v) is 3.57. The molecule has 0 saturated carbocycles. The highest BCUT2D eigenvalue weighted by Gasteiger charge is 2.08. The van der Waals surface area contributed by atoms with Crippen LogP contribution in [0.1, 0.15) is 27.9 Å². The lowest BCUT2D eigenvalue weighted by Crippen LogP contribution is -2.42. The summed E-state index contributed by atoms with van der Waals surface area (Å²) < 4.78 is 5.60. The van der Waals surface area contributed by atoms with E-state index in [1.54, 1.807) is 18.2 Å². The monoisotopic (exact) mass is 346 g/mol. The molecule has 24 heavy (non-hydrogen) atoms. The Hall–Kier alpha value is -2.53. The number of hydrogen-bond acceptors (Lipinski definition) is 3. The number of rotatable bonds is 5. The Kier molecular flexibility index (Phi) is 6.21. The molecule has 0 aliphatic rings. The molecule has 6 heteroatoms. The number of amides is 2. The van der Waals surface area contributed by atoms with Gasteiger partial charge in [0.1, 0.15) is 5.75 Å². The van der Waals surface area contributed by atoms with E-state index in [0.717, 1.165) is 16.9 Å². The minimum absolute atomic E-state index is 0.128. The molecule has 0 aromatic heterocycles. The lowest BCUT2D eigenvalue weighted by molar-refractivity contribution is -0.122. The minimum Gasteiger partial charge on any atom is -0.493 e. The number of ether oxygens (including phenoxy) is 1. The fraction of sp³-hybridized carbons (Fsp3) is 0.222. The molecule has 2 aromatic carbocycles. The highest BCUT2D eigenvalue weighted by Crippen LogP contribution is 2.19. The maximum absolute atomic E-state index is 11.9.